The van der Waals surface area contributed by atoms with Crippen molar-refractivity contribution in [3.05, 3.63) is 107 Å². The van der Waals surface area contributed by atoms with Crippen molar-refractivity contribution in [1.82, 2.24) is 0 Å². The molecule has 0 radical (unpaired) electrons. The zero-order chi connectivity index (χ0) is 28.3. The lowest BCUT2D eigenvalue weighted by atomic mass is 10.1. The van der Waals surface area contributed by atoms with E-state index in [1.807, 2.05) is 0 Å². The summed E-state index contributed by atoms with van der Waals surface area (Å²) >= 11 is 6.11. The van der Waals surface area contributed by atoms with Crippen molar-refractivity contribution in [3.8, 4) is 17.2 Å². The Hall–Kier alpha value is -5.37. The van der Waals surface area contributed by atoms with E-state index in [0.717, 1.165) is 24.3 Å². The lowest BCUT2D eigenvalue weighted by molar-refractivity contribution is -0.394. The van der Waals surface area contributed by atoms with Gasteiger partial charge in [-0.15, -0.1) is 0 Å². The summed E-state index contributed by atoms with van der Waals surface area (Å²) in [5.41, 5.74) is -1.02. The van der Waals surface area contributed by atoms with Gasteiger partial charge in [-0.1, -0.05) is 17.7 Å². The number of nitro benzene ring substituents is 3. The lowest BCUT2D eigenvalue weighted by Gasteiger charge is -2.12. The number of hydrogen-bond acceptors (Lipinski definition) is 11. The SMILES string of the molecule is CCOc1cc(/C=C2\N=C(c3cc([N+](=O)[O-])ccc3Cl)OC2=O)ccc1Oc1ccc([N+](=O)[O-])cc1[N+](=O)[O-]. The summed E-state index contributed by atoms with van der Waals surface area (Å²) in [5.74, 6) is -1.07. The number of non-ortho nitro benzene ring substituents is 2. The summed E-state index contributed by atoms with van der Waals surface area (Å²) in [6.45, 7) is 1.88. The maximum absolute atomic E-state index is 12.4. The summed E-state index contributed by atoms with van der Waals surface area (Å²) in [6, 6.07) is 11.0. The van der Waals surface area contributed by atoms with E-state index in [9.17, 15) is 35.1 Å². The highest BCUT2D eigenvalue weighted by molar-refractivity contribution is 6.34. The number of carbonyl (C=O) groups excluding carboxylic acids is 1. The number of ether oxygens (including phenoxy) is 3. The van der Waals surface area contributed by atoms with Crippen LogP contribution in [-0.4, -0.2) is 33.2 Å². The van der Waals surface area contributed by atoms with Gasteiger partial charge in [0.2, 0.25) is 11.6 Å². The topological polar surface area (TPSA) is 187 Å². The third-order valence-corrected chi connectivity index (χ3v) is 5.48. The molecule has 0 fully saturated rings. The molecule has 1 aliphatic rings. The molecule has 0 spiro atoms. The highest BCUT2D eigenvalue weighted by Crippen LogP contribution is 2.39. The number of rotatable bonds is 9. The quantitative estimate of drug-likeness (QED) is 0.139. The minimum absolute atomic E-state index is 0.0612. The predicted octanol–water partition coefficient (Wildman–Crippen LogP) is 5.60. The van der Waals surface area contributed by atoms with Crippen molar-refractivity contribution in [1.29, 1.82) is 0 Å². The molecule has 0 amide bonds. The van der Waals surface area contributed by atoms with Gasteiger partial charge in [0.15, 0.2) is 17.2 Å². The molecule has 0 aromatic heterocycles. The molecular weight excluding hydrogens is 540 g/mol. The molecule has 1 aliphatic heterocycles. The highest BCUT2D eigenvalue weighted by atomic mass is 35.5. The zero-order valence-electron chi connectivity index (χ0n) is 19.7. The number of nitro groups is 3. The van der Waals surface area contributed by atoms with Crippen molar-refractivity contribution in [2.45, 2.75) is 6.92 Å². The third-order valence-electron chi connectivity index (χ3n) is 5.15. The van der Waals surface area contributed by atoms with Gasteiger partial charge in [-0.05, 0) is 42.8 Å². The number of benzene rings is 3. The van der Waals surface area contributed by atoms with Crippen molar-refractivity contribution in [2.75, 3.05) is 6.61 Å². The molecule has 15 heteroatoms. The van der Waals surface area contributed by atoms with Crippen LogP contribution < -0.4 is 9.47 Å². The second-order valence-corrected chi connectivity index (χ2v) is 8.07. The Bertz CT molecular complexity index is 1600. The largest absolute Gasteiger partial charge is 0.490 e. The fraction of sp³-hybridized carbons (Fsp3) is 0.0833. The first kappa shape index (κ1) is 26.7. The van der Waals surface area contributed by atoms with Crippen LogP contribution in [0.25, 0.3) is 6.08 Å². The molecule has 1 heterocycles. The molecule has 0 unspecified atom stereocenters. The zero-order valence-corrected chi connectivity index (χ0v) is 20.5. The molecule has 4 rings (SSSR count). The van der Waals surface area contributed by atoms with Crippen LogP contribution in [0.4, 0.5) is 17.1 Å². The molecule has 3 aromatic carbocycles. The van der Waals surface area contributed by atoms with Gasteiger partial charge < -0.3 is 14.2 Å². The first-order valence-corrected chi connectivity index (χ1v) is 11.3. The normalized spacial score (nSPS) is 13.5. The first-order valence-electron chi connectivity index (χ1n) is 10.9. The average molecular weight is 555 g/mol. The van der Waals surface area contributed by atoms with Crippen LogP contribution in [-0.2, 0) is 9.53 Å². The Morgan fingerprint density at radius 1 is 0.897 bits per heavy atom. The molecule has 0 N–H and O–H groups in total. The molecule has 198 valence electrons. The van der Waals surface area contributed by atoms with E-state index in [2.05, 4.69) is 4.99 Å². The van der Waals surface area contributed by atoms with Gasteiger partial charge >= 0.3 is 11.7 Å². The van der Waals surface area contributed by atoms with Crippen LogP contribution in [0.2, 0.25) is 5.02 Å². The fourth-order valence-electron chi connectivity index (χ4n) is 3.41. The van der Waals surface area contributed by atoms with Crippen molar-refractivity contribution in [3.63, 3.8) is 0 Å². The number of carbonyl (C=O) groups is 1. The second-order valence-electron chi connectivity index (χ2n) is 7.66. The molecule has 3 aromatic rings. The van der Waals surface area contributed by atoms with Crippen LogP contribution in [0.15, 0.2) is 65.3 Å². The van der Waals surface area contributed by atoms with Crippen LogP contribution in [0.5, 0.6) is 17.2 Å². The molecule has 0 aliphatic carbocycles. The average Bonchev–Trinajstić information content (AvgIpc) is 3.25. The summed E-state index contributed by atoms with van der Waals surface area (Å²) in [4.78, 5) is 47.9. The van der Waals surface area contributed by atoms with Crippen LogP contribution in [0.3, 0.4) is 0 Å². The number of nitrogens with zero attached hydrogens (tertiary/aromatic N) is 4. The number of halogens is 1. The van der Waals surface area contributed by atoms with Gasteiger partial charge in [-0.3, -0.25) is 30.3 Å². The van der Waals surface area contributed by atoms with Gasteiger partial charge in [0.05, 0.1) is 38.0 Å². The molecule has 0 saturated carbocycles. The molecule has 39 heavy (non-hydrogen) atoms. The van der Waals surface area contributed by atoms with E-state index in [1.165, 1.54) is 36.4 Å². The van der Waals surface area contributed by atoms with E-state index in [-0.39, 0.29) is 51.7 Å². The van der Waals surface area contributed by atoms with Gasteiger partial charge in [-0.25, -0.2) is 9.79 Å². The van der Waals surface area contributed by atoms with Crippen molar-refractivity contribution < 1.29 is 33.8 Å². The van der Waals surface area contributed by atoms with E-state index in [0.29, 0.717) is 5.56 Å². The maximum atomic E-state index is 12.4. The first-order chi connectivity index (χ1) is 18.6. The van der Waals surface area contributed by atoms with Crippen LogP contribution in [0.1, 0.15) is 18.1 Å². The van der Waals surface area contributed by atoms with E-state index < -0.39 is 32.1 Å². The minimum Gasteiger partial charge on any atom is -0.490 e. The number of esters is 1. The van der Waals surface area contributed by atoms with Gasteiger partial charge in [0.1, 0.15) is 0 Å². The van der Waals surface area contributed by atoms with Gasteiger partial charge in [-0.2, -0.15) is 0 Å². The highest BCUT2D eigenvalue weighted by Gasteiger charge is 2.27. The van der Waals surface area contributed by atoms with E-state index >= 15 is 0 Å². The summed E-state index contributed by atoms with van der Waals surface area (Å²) in [7, 11) is 0. The van der Waals surface area contributed by atoms with E-state index in [4.69, 9.17) is 25.8 Å². The Kier molecular flexibility index (Phi) is 7.48. The predicted molar refractivity (Wildman–Crippen MR) is 136 cm³/mol. The van der Waals surface area contributed by atoms with Crippen LogP contribution >= 0.6 is 11.6 Å². The summed E-state index contributed by atoms with van der Waals surface area (Å²) < 4.78 is 16.4. The maximum Gasteiger partial charge on any atom is 0.363 e. The van der Waals surface area contributed by atoms with Crippen molar-refractivity contribution >= 4 is 46.6 Å². The monoisotopic (exact) mass is 554 g/mol. The Balaban J connectivity index is 1.67. The number of aliphatic imine (C=N–C) groups is 1. The number of hydrogen-bond donors (Lipinski definition) is 0. The Morgan fingerprint density at radius 3 is 2.23 bits per heavy atom. The smallest absolute Gasteiger partial charge is 0.363 e. The van der Waals surface area contributed by atoms with Gasteiger partial charge in [0.25, 0.3) is 11.4 Å². The minimum atomic E-state index is -0.827. The number of cyclic esters (lactones) is 1. The lowest BCUT2D eigenvalue weighted by Crippen LogP contribution is -2.06. The Labute approximate surface area is 223 Å². The summed E-state index contributed by atoms with van der Waals surface area (Å²) in [6.07, 6.45) is 1.36. The third kappa shape index (κ3) is 5.80. The van der Waals surface area contributed by atoms with Gasteiger partial charge in [0, 0.05) is 18.2 Å². The van der Waals surface area contributed by atoms with E-state index in [1.54, 1.807) is 6.92 Å². The second kappa shape index (κ2) is 10.9. The van der Waals surface area contributed by atoms with Crippen molar-refractivity contribution in [2.24, 2.45) is 4.99 Å². The molecule has 0 bridgehead atoms. The fourth-order valence-corrected chi connectivity index (χ4v) is 3.61. The standard InChI is InChI=1S/C24H15ClN4O10/c1-2-37-22-10-13(3-7-21(22)38-20-8-5-15(28(33)34)12-19(20)29(35)36)9-18-24(30)39-23(26-18)16-11-14(27(31)32)4-6-17(16)25/h3-12H,2H2,1H3/b18-9-. The molecule has 0 saturated heterocycles. The molecule has 0 atom stereocenters. The van der Waals surface area contributed by atoms with Crippen LogP contribution in [0, 0.1) is 30.3 Å². The molecule has 14 nitrogen and oxygen atoms in total. The Morgan fingerprint density at radius 2 is 1.56 bits per heavy atom. The molecular formula is C24H15ClN4O10. The summed E-state index contributed by atoms with van der Waals surface area (Å²) in [5, 5.41) is 33.6.